The predicted molar refractivity (Wildman–Crippen MR) is 407 cm³/mol. The van der Waals surface area contributed by atoms with E-state index in [1.54, 1.807) is 0 Å². The molecule has 4 aliphatic heterocycles. The molecule has 0 radical (unpaired) electrons. The Morgan fingerprint density at radius 1 is 0.260 bits per heavy atom. The third kappa shape index (κ3) is 9.58. The number of para-hydroxylation sites is 2. The van der Waals surface area contributed by atoms with E-state index < -0.39 is 0 Å². The van der Waals surface area contributed by atoms with Crippen molar-refractivity contribution in [3.05, 3.63) is 302 Å². The van der Waals surface area contributed by atoms with Crippen LogP contribution >= 0.6 is 0 Å². The summed E-state index contributed by atoms with van der Waals surface area (Å²) >= 11 is 0. The van der Waals surface area contributed by atoms with Crippen LogP contribution in [0.1, 0.15) is 79.0 Å². The molecule has 13 aromatic rings. The molecule has 4 nitrogen and oxygen atoms in total. The van der Waals surface area contributed by atoms with E-state index in [1.165, 1.54) is 33.2 Å². The third-order valence-electron chi connectivity index (χ3n) is 20.4. The largest absolute Gasteiger partial charge is 0.459 e. The molecule has 0 unspecified atom stereocenters. The highest BCUT2D eigenvalue weighted by molar-refractivity contribution is 7.03. The lowest BCUT2D eigenvalue weighted by molar-refractivity contribution is 0.450. The molecular formula is C90H74B2N2O2. The van der Waals surface area contributed by atoms with Crippen LogP contribution in [0.15, 0.2) is 285 Å². The first-order valence-electron chi connectivity index (χ1n) is 34.0. The molecule has 0 bridgehead atoms. The van der Waals surface area contributed by atoms with Crippen molar-refractivity contribution in [2.24, 2.45) is 0 Å². The summed E-state index contributed by atoms with van der Waals surface area (Å²) < 4.78 is 16.1. The molecule has 96 heavy (non-hydrogen) atoms. The number of nitrogens with zero attached hydrogens (tertiary/aromatic N) is 2. The first-order chi connectivity index (χ1) is 46.6. The van der Waals surface area contributed by atoms with E-state index in [2.05, 4.69) is 357 Å². The second-order valence-corrected chi connectivity index (χ2v) is 29.5. The number of anilines is 6. The van der Waals surface area contributed by atoms with Crippen molar-refractivity contribution < 1.29 is 9.47 Å². The molecule has 0 aliphatic carbocycles. The second-order valence-electron chi connectivity index (χ2n) is 29.5. The van der Waals surface area contributed by atoms with Crippen LogP contribution in [0, 0.1) is 0 Å². The topological polar surface area (TPSA) is 24.9 Å². The van der Waals surface area contributed by atoms with Gasteiger partial charge in [-0.3, -0.25) is 0 Å². The molecule has 0 aromatic heterocycles. The molecule has 17 rings (SSSR count). The van der Waals surface area contributed by atoms with Crippen molar-refractivity contribution >= 4 is 80.3 Å². The highest BCUT2D eigenvalue weighted by atomic mass is 16.5. The highest BCUT2D eigenvalue weighted by Crippen LogP contribution is 2.56. The van der Waals surface area contributed by atoms with Crippen LogP contribution in [0.25, 0.3) is 66.8 Å². The molecule has 4 heterocycles. The van der Waals surface area contributed by atoms with E-state index >= 15 is 0 Å². The zero-order valence-corrected chi connectivity index (χ0v) is 56.0. The van der Waals surface area contributed by atoms with Crippen molar-refractivity contribution in [3.63, 3.8) is 0 Å². The molecule has 0 fully saturated rings. The SMILES string of the molecule is CC(C)(C)c1ccc2c(c1)Oc1c3c(cc4c1B1c5ccc(-c6ccccc6)cc5N(c5c(-c6ccccc6)cccc5-c5ccccc5)c5cc(C(C)(C)C)cc(c51)N4c1c(-c4ccccc4)cccc1-c1ccccc1)Oc1c(ccc(-c4ccccc4)c1C(C)(C)C)B23. The van der Waals surface area contributed by atoms with Crippen molar-refractivity contribution in [2.45, 2.75) is 78.6 Å². The summed E-state index contributed by atoms with van der Waals surface area (Å²) in [5.41, 5.74) is 29.7. The van der Waals surface area contributed by atoms with Gasteiger partial charge in [0.2, 0.25) is 0 Å². The molecule has 13 aromatic carbocycles. The summed E-state index contributed by atoms with van der Waals surface area (Å²) in [6.07, 6.45) is 0. The number of rotatable bonds is 8. The maximum Gasteiger partial charge on any atom is 0.260 e. The Bertz CT molecular complexity index is 5110. The Hall–Kier alpha value is -10.8. The fourth-order valence-electron chi connectivity index (χ4n) is 15.8. The fraction of sp³-hybridized carbons (Fsp3) is 0.133. The third-order valence-corrected chi connectivity index (χ3v) is 20.4. The molecule has 4 aliphatic rings. The average Bonchev–Trinajstić information content (AvgIpc) is 0.678. The Morgan fingerprint density at radius 3 is 1.15 bits per heavy atom. The summed E-state index contributed by atoms with van der Waals surface area (Å²) in [4.78, 5) is 5.31. The highest BCUT2D eigenvalue weighted by Gasteiger charge is 2.52. The Kier molecular flexibility index (Phi) is 13.8. The van der Waals surface area contributed by atoms with Gasteiger partial charge in [0.25, 0.3) is 13.4 Å². The van der Waals surface area contributed by atoms with Crippen LogP contribution in [0.3, 0.4) is 0 Å². The molecule has 0 amide bonds. The van der Waals surface area contributed by atoms with Gasteiger partial charge < -0.3 is 19.3 Å². The van der Waals surface area contributed by atoms with Gasteiger partial charge in [-0.25, -0.2) is 0 Å². The molecule has 0 atom stereocenters. The second kappa shape index (κ2) is 22.4. The number of hydrogen-bond acceptors (Lipinski definition) is 4. The minimum atomic E-state index is -0.361. The minimum absolute atomic E-state index is 0.168. The van der Waals surface area contributed by atoms with E-state index in [9.17, 15) is 0 Å². The van der Waals surface area contributed by atoms with Gasteiger partial charge in [-0.15, -0.1) is 0 Å². The maximum absolute atomic E-state index is 8.12. The summed E-state index contributed by atoms with van der Waals surface area (Å²) in [5, 5.41) is 0. The van der Waals surface area contributed by atoms with Crippen LogP contribution in [0.5, 0.6) is 23.0 Å². The number of benzene rings is 13. The van der Waals surface area contributed by atoms with Crippen molar-refractivity contribution in [1.82, 2.24) is 0 Å². The zero-order chi connectivity index (χ0) is 65.4. The summed E-state index contributed by atoms with van der Waals surface area (Å²) in [6.45, 7) is 20.4. The standard InChI is InChI=1S/C90H74B2N2O2/c1-88(2,3)64-47-50-72-78(55-64)95-87-82-77(56-79-83(87)91(72)73-51-48-66(58-32-18-11-19-33-58)80(86(73)96-79)90(7,8)9)94(85-69(61-38-24-14-25-39-61)44-29-45-70(85)62-40-26-15-27-41-62)76-54-65(89(4,5)6)53-75-81(76)92(82)71-49-46-63(57-30-16-10-17-31-57)52-74(71)93(75)84-67(59-34-20-12-21-35-59)42-28-43-68(84)60-36-22-13-23-37-60/h10-56H,1-9H3. The van der Waals surface area contributed by atoms with Crippen LogP contribution in [0.2, 0.25) is 0 Å². The van der Waals surface area contributed by atoms with Crippen LogP contribution in [0.4, 0.5) is 34.1 Å². The fourth-order valence-corrected chi connectivity index (χ4v) is 15.8. The summed E-state index contributed by atoms with van der Waals surface area (Å²) in [6, 6.07) is 106. The molecule has 6 heteroatoms. The monoisotopic (exact) mass is 1240 g/mol. The Balaban J connectivity index is 1.07. The van der Waals surface area contributed by atoms with Crippen molar-refractivity contribution in [1.29, 1.82) is 0 Å². The van der Waals surface area contributed by atoms with Gasteiger partial charge >= 0.3 is 0 Å². The zero-order valence-electron chi connectivity index (χ0n) is 56.0. The van der Waals surface area contributed by atoms with E-state index in [-0.39, 0.29) is 29.7 Å². The van der Waals surface area contributed by atoms with Gasteiger partial charge in [-0.1, -0.05) is 317 Å². The molecule has 0 saturated heterocycles. The molecule has 0 N–H and O–H groups in total. The van der Waals surface area contributed by atoms with E-state index in [1.807, 2.05) is 0 Å². The number of hydrogen-bond donors (Lipinski definition) is 0. The normalized spacial score (nSPS) is 13.3. The van der Waals surface area contributed by atoms with Crippen LogP contribution in [-0.2, 0) is 16.2 Å². The number of fused-ring (bicyclic) bond motifs is 9. The van der Waals surface area contributed by atoms with E-state index in [0.29, 0.717) is 0 Å². The first kappa shape index (κ1) is 59.0. The van der Waals surface area contributed by atoms with Crippen LogP contribution in [-0.4, -0.2) is 13.4 Å². The minimum Gasteiger partial charge on any atom is -0.459 e. The molecular weight excluding hydrogens is 1160 g/mol. The molecule has 0 saturated carbocycles. The summed E-state index contributed by atoms with van der Waals surface area (Å²) in [7, 11) is 0. The molecule has 0 spiro atoms. The van der Waals surface area contributed by atoms with Gasteiger partial charge in [0, 0.05) is 62.1 Å². The summed E-state index contributed by atoms with van der Waals surface area (Å²) in [5.74, 6) is 3.41. The lowest BCUT2D eigenvalue weighted by Crippen LogP contribution is -2.65. The van der Waals surface area contributed by atoms with Gasteiger partial charge in [-0.2, -0.15) is 0 Å². The maximum atomic E-state index is 8.12. The first-order valence-corrected chi connectivity index (χ1v) is 34.0. The van der Waals surface area contributed by atoms with E-state index in [0.717, 1.165) is 140 Å². The van der Waals surface area contributed by atoms with Gasteiger partial charge in [0.1, 0.15) is 23.0 Å². The lowest BCUT2D eigenvalue weighted by Gasteiger charge is -2.48. The lowest BCUT2D eigenvalue weighted by atomic mass is 9.30. The van der Waals surface area contributed by atoms with Gasteiger partial charge in [-0.05, 0) is 123 Å². The quantitative estimate of drug-likeness (QED) is 0.142. The van der Waals surface area contributed by atoms with Crippen molar-refractivity contribution in [3.8, 4) is 89.8 Å². The van der Waals surface area contributed by atoms with Crippen LogP contribution < -0.4 is 52.1 Å². The van der Waals surface area contributed by atoms with Gasteiger partial charge in [0.05, 0.1) is 11.4 Å². The van der Waals surface area contributed by atoms with Gasteiger partial charge in [0.15, 0.2) is 0 Å². The van der Waals surface area contributed by atoms with E-state index in [4.69, 9.17) is 9.47 Å². The van der Waals surface area contributed by atoms with Crippen molar-refractivity contribution in [2.75, 3.05) is 9.80 Å². The molecule has 462 valence electrons. The Labute approximate surface area is 566 Å². The Morgan fingerprint density at radius 2 is 0.677 bits per heavy atom. The smallest absolute Gasteiger partial charge is 0.260 e. The average molecular weight is 1240 g/mol. The number of ether oxygens (including phenoxy) is 2. The predicted octanol–water partition coefficient (Wildman–Crippen LogP) is 20.4.